The molecule has 1 aliphatic heterocycles. The molecule has 0 amide bonds. The molecule has 1 saturated heterocycles. The van der Waals surface area contributed by atoms with Crippen molar-refractivity contribution in [2.75, 3.05) is 13.2 Å². The van der Waals surface area contributed by atoms with E-state index in [9.17, 15) is 18.3 Å². The van der Waals surface area contributed by atoms with E-state index < -0.39 is 23.7 Å². The summed E-state index contributed by atoms with van der Waals surface area (Å²) in [6, 6.07) is 1.20. The van der Waals surface area contributed by atoms with Crippen LogP contribution in [0.4, 0.5) is 13.2 Å². The van der Waals surface area contributed by atoms with Gasteiger partial charge in [-0.3, -0.25) is 4.90 Å². The molecule has 2 unspecified atom stereocenters. The van der Waals surface area contributed by atoms with Crippen molar-refractivity contribution in [2.45, 2.75) is 37.0 Å². The quantitative estimate of drug-likeness (QED) is 0.848. The van der Waals surface area contributed by atoms with Gasteiger partial charge < -0.3 is 5.11 Å². The molecule has 2 rings (SSSR count). The van der Waals surface area contributed by atoms with Gasteiger partial charge in [-0.1, -0.05) is 30.7 Å². The van der Waals surface area contributed by atoms with Gasteiger partial charge in [-0.05, 0) is 19.4 Å². The van der Waals surface area contributed by atoms with Gasteiger partial charge in [0, 0.05) is 6.04 Å². The topological polar surface area (TPSA) is 47.3 Å². The standard InChI is InChI=1S/C14H17F3N2O/c15-14(16,17)13(7-3-1-5-11(13)9-18)19-8-4-2-6-12(19)10-20/h1,3,5,7,11-12,20H,2,4,6,8,10H2/t11?,12-,13?/m1/s1. The van der Waals surface area contributed by atoms with Crippen LogP contribution in [0.15, 0.2) is 24.3 Å². The Morgan fingerprint density at radius 1 is 1.35 bits per heavy atom. The molecule has 0 saturated carbocycles. The summed E-state index contributed by atoms with van der Waals surface area (Å²) in [5, 5.41) is 18.6. The fraction of sp³-hybridized carbons (Fsp3) is 0.643. The molecule has 3 atom stereocenters. The van der Waals surface area contributed by atoms with Gasteiger partial charge in [0.2, 0.25) is 0 Å². The third-order valence-corrected chi connectivity index (χ3v) is 4.15. The van der Waals surface area contributed by atoms with Crippen molar-refractivity contribution in [2.24, 2.45) is 5.92 Å². The molecule has 1 fully saturated rings. The molecule has 3 nitrogen and oxygen atoms in total. The van der Waals surface area contributed by atoms with Crippen LogP contribution in [-0.4, -0.2) is 40.9 Å². The number of alkyl halides is 3. The minimum absolute atomic E-state index is 0.237. The number of aliphatic hydroxyl groups is 1. The molecule has 1 N–H and O–H groups in total. The van der Waals surface area contributed by atoms with Crippen LogP contribution in [0.1, 0.15) is 19.3 Å². The summed E-state index contributed by atoms with van der Waals surface area (Å²) in [7, 11) is 0. The smallest absolute Gasteiger partial charge is 0.395 e. The normalized spacial score (nSPS) is 35.0. The summed E-state index contributed by atoms with van der Waals surface area (Å²) in [6.45, 7) is -0.0887. The lowest BCUT2D eigenvalue weighted by Crippen LogP contribution is -2.66. The van der Waals surface area contributed by atoms with Crippen LogP contribution < -0.4 is 0 Å². The van der Waals surface area contributed by atoms with Crippen molar-refractivity contribution in [1.29, 1.82) is 5.26 Å². The van der Waals surface area contributed by atoms with E-state index in [4.69, 9.17) is 5.26 Å². The van der Waals surface area contributed by atoms with Crippen molar-refractivity contribution in [3.8, 4) is 6.07 Å². The van der Waals surface area contributed by atoms with E-state index in [1.54, 1.807) is 6.07 Å². The molecular formula is C14H17F3N2O. The molecule has 2 aliphatic rings. The minimum atomic E-state index is -4.57. The first-order valence-corrected chi connectivity index (χ1v) is 6.67. The molecule has 1 aliphatic carbocycles. The largest absolute Gasteiger partial charge is 0.412 e. The van der Waals surface area contributed by atoms with Crippen LogP contribution in [0, 0.1) is 17.2 Å². The zero-order valence-electron chi connectivity index (χ0n) is 11.0. The Balaban J connectivity index is 2.50. The van der Waals surface area contributed by atoms with Gasteiger partial charge in [0.05, 0.1) is 18.6 Å². The van der Waals surface area contributed by atoms with Gasteiger partial charge in [-0.25, -0.2) is 0 Å². The third kappa shape index (κ3) is 2.25. The number of halogens is 3. The molecule has 0 aromatic rings. The molecule has 0 radical (unpaired) electrons. The predicted molar refractivity (Wildman–Crippen MR) is 67.6 cm³/mol. The summed E-state index contributed by atoms with van der Waals surface area (Å²) in [5.74, 6) is -1.29. The molecule has 0 spiro atoms. The third-order valence-electron chi connectivity index (χ3n) is 4.15. The summed E-state index contributed by atoms with van der Waals surface area (Å²) in [6.07, 6.45) is 2.55. The molecule has 0 bridgehead atoms. The Labute approximate surface area is 116 Å². The first-order chi connectivity index (χ1) is 9.47. The highest BCUT2D eigenvalue weighted by Gasteiger charge is 2.62. The summed E-state index contributed by atoms with van der Waals surface area (Å²) in [5.41, 5.74) is -2.33. The zero-order valence-corrected chi connectivity index (χ0v) is 11.0. The van der Waals surface area contributed by atoms with E-state index in [0.717, 1.165) is 12.5 Å². The van der Waals surface area contributed by atoms with Crippen LogP contribution in [0.2, 0.25) is 0 Å². The van der Waals surface area contributed by atoms with Crippen molar-refractivity contribution < 1.29 is 18.3 Å². The predicted octanol–water partition coefficient (Wildman–Crippen LogP) is 2.40. The van der Waals surface area contributed by atoms with Gasteiger partial charge in [-0.2, -0.15) is 18.4 Å². The lowest BCUT2D eigenvalue weighted by atomic mass is 9.77. The molecule has 0 aromatic carbocycles. The second kappa shape index (κ2) is 5.58. The summed E-state index contributed by atoms with van der Waals surface area (Å²) >= 11 is 0. The fourth-order valence-corrected chi connectivity index (χ4v) is 3.15. The number of aliphatic hydroxyl groups excluding tert-OH is 1. The number of allylic oxidation sites excluding steroid dienone is 2. The lowest BCUT2D eigenvalue weighted by Gasteiger charge is -2.50. The summed E-state index contributed by atoms with van der Waals surface area (Å²) < 4.78 is 41.3. The number of nitrogens with zero attached hydrogens (tertiary/aromatic N) is 2. The van der Waals surface area contributed by atoms with Crippen molar-refractivity contribution in [3.63, 3.8) is 0 Å². The highest BCUT2D eigenvalue weighted by molar-refractivity contribution is 5.32. The van der Waals surface area contributed by atoms with E-state index >= 15 is 0 Å². The minimum Gasteiger partial charge on any atom is -0.395 e. The molecule has 110 valence electrons. The molecule has 0 aromatic heterocycles. The number of likely N-dealkylation sites (tertiary alicyclic amines) is 1. The second-order valence-corrected chi connectivity index (χ2v) is 5.20. The van der Waals surface area contributed by atoms with Crippen molar-refractivity contribution in [1.82, 2.24) is 4.90 Å². The lowest BCUT2D eigenvalue weighted by molar-refractivity contribution is -0.234. The molecular weight excluding hydrogens is 269 g/mol. The van der Waals surface area contributed by atoms with Gasteiger partial charge in [0.25, 0.3) is 0 Å². The number of piperidine rings is 1. The van der Waals surface area contributed by atoms with Crippen molar-refractivity contribution in [3.05, 3.63) is 24.3 Å². The van der Waals surface area contributed by atoms with Gasteiger partial charge in [-0.15, -0.1) is 0 Å². The maximum Gasteiger partial charge on any atom is 0.412 e. The molecule has 1 heterocycles. The highest BCUT2D eigenvalue weighted by atomic mass is 19.4. The van der Waals surface area contributed by atoms with E-state index in [0.29, 0.717) is 12.8 Å². The van der Waals surface area contributed by atoms with Crippen LogP contribution in [0.5, 0.6) is 0 Å². The van der Waals surface area contributed by atoms with Crippen LogP contribution in [0.25, 0.3) is 0 Å². The van der Waals surface area contributed by atoms with Crippen LogP contribution in [-0.2, 0) is 0 Å². The first kappa shape index (κ1) is 15.1. The number of rotatable bonds is 2. The van der Waals surface area contributed by atoms with E-state index in [1.165, 1.54) is 23.1 Å². The Bertz CT molecular complexity index is 452. The maximum absolute atomic E-state index is 13.8. The van der Waals surface area contributed by atoms with Crippen molar-refractivity contribution >= 4 is 0 Å². The Morgan fingerprint density at radius 2 is 2.10 bits per heavy atom. The van der Waals surface area contributed by atoms with Crippen LogP contribution >= 0.6 is 0 Å². The monoisotopic (exact) mass is 286 g/mol. The Morgan fingerprint density at radius 3 is 2.70 bits per heavy atom. The second-order valence-electron chi connectivity index (χ2n) is 5.20. The number of nitriles is 1. The Kier molecular flexibility index (Phi) is 4.21. The van der Waals surface area contributed by atoms with Crippen LogP contribution in [0.3, 0.4) is 0 Å². The Hall–Kier alpha value is -1.32. The SMILES string of the molecule is N#CC1C=CC=CC1(N1CCCC[C@@H]1CO)C(F)(F)F. The van der Waals surface area contributed by atoms with Gasteiger partial charge >= 0.3 is 6.18 Å². The van der Waals surface area contributed by atoms with E-state index in [-0.39, 0.29) is 13.2 Å². The molecule has 6 heteroatoms. The highest BCUT2D eigenvalue weighted by Crippen LogP contribution is 2.46. The van der Waals surface area contributed by atoms with Gasteiger partial charge in [0.1, 0.15) is 0 Å². The zero-order chi connectivity index (χ0) is 14.8. The summed E-state index contributed by atoms with van der Waals surface area (Å²) in [4.78, 5) is 1.27. The number of hydrogen-bond donors (Lipinski definition) is 1. The van der Waals surface area contributed by atoms with Gasteiger partial charge in [0.15, 0.2) is 5.54 Å². The van der Waals surface area contributed by atoms with E-state index in [1.807, 2.05) is 0 Å². The molecule has 20 heavy (non-hydrogen) atoms. The maximum atomic E-state index is 13.8. The van der Waals surface area contributed by atoms with E-state index in [2.05, 4.69) is 0 Å². The fourth-order valence-electron chi connectivity index (χ4n) is 3.15. The average Bonchev–Trinajstić information content (AvgIpc) is 2.45. The average molecular weight is 286 g/mol. The first-order valence-electron chi connectivity index (χ1n) is 6.67. The number of hydrogen-bond acceptors (Lipinski definition) is 3.